The van der Waals surface area contributed by atoms with E-state index >= 15 is 0 Å². The van der Waals surface area contributed by atoms with E-state index in [1.54, 1.807) is 0 Å². The Morgan fingerprint density at radius 2 is 1.52 bits per heavy atom. The molecule has 4 aliphatic heterocycles. The molecule has 0 fully saturated rings. The molecule has 8 bridgehead atoms. The number of H-pyrrole nitrogens is 1. The van der Waals surface area contributed by atoms with Crippen molar-refractivity contribution < 1.29 is 17.1 Å². The second kappa shape index (κ2) is 6.36. The number of aromatic amines is 1. The molecule has 5 rings (SSSR count). The number of nitrogens with zero attached hydrogens (tertiary/aromatic N) is 2. The summed E-state index contributed by atoms with van der Waals surface area (Å²) in [6.45, 7) is 0. The van der Waals surface area contributed by atoms with Crippen LogP contribution in [0, 0.1) is 0 Å². The minimum Gasteiger partial charge on any atom is -0.379 e. The van der Waals surface area contributed by atoms with E-state index in [2.05, 4.69) is 68.9 Å². The zero-order valence-corrected chi connectivity index (χ0v) is 14.5. The molecule has 4 aliphatic rings. The van der Waals surface area contributed by atoms with Crippen molar-refractivity contribution in [3.05, 3.63) is 82.5 Å². The third-order valence-corrected chi connectivity index (χ3v) is 4.32. The van der Waals surface area contributed by atoms with Gasteiger partial charge in [0.25, 0.3) is 0 Å². The third kappa shape index (κ3) is 3.29. The van der Waals surface area contributed by atoms with E-state index in [1.807, 2.05) is 18.2 Å². The van der Waals surface area contributed by atoms with E-state index in [-0.39, 0.29) is 23.1 Å². The van der Waals surface area contributed by atoms with Crippen molar-refractivity contribution in [3.63, 3.8) is 0 Å². The van der Waals surface area contributed by atoms with Crippen molar-refractivity contribution in [1.29, 1.82) is 0 Å². The molecule has 1 radical (unpaired) electrons. The molecule has 5 heterocycles. The summed E-state index contributed by atoms with van der Waals surface area (Å²) < 4.78 is 0. The van der Waals surface area contributed by atoms with Gasteiger partial charge in [0.1, 0.15) is 0 Å². The number of hydrogen-bond donors (Lipinski definition) is 2. The molecule has 4 nitrogen and oxygen atoms in total. The molecule has 0 aliphatic carbocycles. The third-order valence-electron chi connectivity index (χ3n) is 4.32. The zero-order valence-electron chi connectivity index (χ0n) is 13.4. The van der Waals surface area contributed by atoms with Crippen LogP contribution < -0.4 is 16.0 Å². The number of fused-ring (bicyclic) bond motifs is 6. The molecule has 121 valence electrons. The maximum absolute atomic E-state index is 4.68. The van der Waals surface area contributed by atoms with E-state index < -0.39 is 0 Å². The second-order valence-electron chi connectivity index (χ2n) is 6.20. The normalized spacial score (nSPS) is 22.6. The van der Waals surface area contributed by atoms with Crippen LogP contribution in [0.2, 0.25) is 0 Å². The molecule has 0 saturated carbocycles. The van der Waals surface area contributed by atoms with Crippen molar-refractivity contribution in [2.45, 2.75) is 12.5 Å². The maximum Gasteiger partial charge on any atom is 3.00 e. The van der Waals surface area contributed by atoms with E-state index in [0.29, 0.717) is 0 Å². The number of nitrogens with one attached hydrogen (secondary N) is 2. The standard InChI is InChI=1S/C20H16N4.Fe/c1-2-14-10-16-5-6-18(23-16)12-20-8-7-19(24-20)11-17-4-3-15(22-17)9-13(1)21-14;/h1-7,9-12,20-21,24H,8H2;/q;+3. The van der Waals surface area contributed by atoms with Crippen LogP contribution in [-0.4, -0.2) is 22.4 Å². The summed E-state index contributed by atoms with van der Waals surface area (Å²) in [6, 6.07) is 4.40. The van der Waals surface area contributed by atoms with E-state index in [9.17, 15) is 0 Å². The van der Waals surface area contributed by atoms with Gasteiger partial charge in [0.15, 0.2) is 0 Å². The number of aromatic nitrogens is 1. The minimum absolute atomic E-state index is 0. The topological polar surface area (TPSA) is 52.5 Å². The van der Waals surface area contributed by atoms with Crippen LogP contribution in [-0.2, 0) is 17.1 Å². The van der Waals surface area contributed by atoms with Crippen LogP contribution in [0.3, 0.4) is 0 Å². The molecule has 5 heteroatoms. The summed E-state index contributed by atoms with van der Waals surface area (Å²) in [5.41, 5.74) is 5.02. The van der Waals surface area contributed by atoms with Crippen molar-refractivity contribution >= 4 is 23.6 Å². The second-order valence-corrected chi connectivity index (χ2v) is 6.20. The molecular weight excluding hydrogens is 352 g/mol. The minimum atomic E-state index is 0. The Morgan fingerprint density at radius 1 is 0.840 bits per heavy atom. The SMILES string of the molecule is C1=CC2=NC1=CC1=CCC(C=C3C=CC(=N3)C=c3ccc([nH]3)=C2)N1.[Fe+3]. The quantitative estimate of drug-likeness (QED) is 0.672. The van der Waals surface area contributed by atoms with Crippen molar-refractivity contribution in [3.8, 4) is 0 Å². The van der Waals surface area contributed by atoms with Crippen LogP contribution in [0.15, 0.2) is 81.7 Å². The first-order valence-corrected chi connectivity index (χ1v) is 8.12. The number of aliphatic imine (C=N–C) groups is 2. The molecular formula is C20H16FeN4+3. The maximum atomic E-state index is 4.68. The Bertz CT molecular complexity index is 1060. The molecule has 1 atom stereocenters. The number of hydrogen-bond acceptors (Lipinski definition) is 3. The summed E-state index contributed by atoms with van der Waals surface area (Å²) in [7, 11) is 0. The summed E-state index contributed by atoms with van der Waals surface area (Å²) in [6.07, 6.45) is 19.8. The largest absolute Gasteiger partial charge is 3.00 e. The molecule has 25 heavy (non-hydrogen) atoms. The first kappa shape index (κ1) is 15.9. The predicted octanol–water partition coefficient (Wildman–Crippen LogP) is 1.62. The summed E-state index contributed by atoms with van der Waals surface area (Å²) in [5, 5.41) is 5.59. The Kier molecular flexibility index (Phi) is 4.04. The fraction of sp³-hybridized carbons (Fsp3) is 0.100. The molecule has 0 spiro atoms. The molecule has 1 aromatic rings. The monoisotopic (exact) mass is 368 g/mol. The summed E-state index contributed by atoms with van der Waals surface area (Å²) in [5.74, 6) is 0. The van der Waals surface area contributed by atoms with Gasteiger partial charge in [-0.05, 0) is 67.2 Å². The summed E-state index contributed by atoms with van der Waals surface area (Å²) >= 11 is 0. The van der Waals surface area contributed by atoms with Gasteiger partial charge in [-0.3, -0.25) is 0 Å². The first-order valence-electron chi connectivity index (χ1n) is 8.12. The van der Waals surface area contributed by atoms with Gasteiger partial charge >= 0.3 is 17.1 Å². The van der Waals surface area contributed by atoms with Crippen molar-refractivity contribution in [2.24, 2.45) is 9.98 Å². The van der Waals surface area contributed by atoms with Gasteiger partial charge in [-0.25, -0.2) is 9.98 Å². The average Bonchev–Trinajstić information content (AvgIpc) is 3.32. The Balaban J connectivity index is 0.00000157. The number of allylic oxidation sites excluding steroid dienone is 5. The molecule has 0 saturated heterocycles. The Labute approximate surface area is 156 Å². The van der Waals surface area contributed by atoms with Gasteiger partial charge in [0.2, 0.25) is 0 Å². The van der Waals surface area contributed by atoms with Crippen LogP contribution in [0.25, 0.3) is 12.2 Å². The van der Waals surface area contributed by atoms with Crippen LogP contribution in [0.1, 0.15) is 6.42 Å². The predicted molar refractivity (Wildman–Crippen MR) is 97.9 cm³/mol. The van der Waals surface area contributed by atoms with Gasteiger partial charge in [0, 0.05) is 16.4 Å². The van der Waals surface area contributed by atoms with Crippen LogP contribution >= 0.6 is 0 Å². The Morgan fingerprint density at radius 3 is 2.28 bits per heavy atom. The van der Waals surface area contributed by atoms with Crippen LogP contribution in [0.5, 0.6) is 0 Å². The average molecular weight is 368 g/mol. The van der Waals surface area contributed by atoms with E-state index in [1.165, 1.54) is 0 Å². The van der Waals surface area contributed by atoms with Crippen LogP contribution in [0.4, 0.5) is 0 Å². The van der Waals surface area contributed by atoms with Crippen molar-refractivity contribution in [2.75, 3.05) is 0 Å². The molecule has 2 N–H and O–H groups in total. The van der Waals surface area contributed by atoms with Gasteiger partial charge in [0.05, 0.1) is 28.9 Å². The van der Waals surface area contributed by atoms with Gasteiger partial charge in [-0.1, -0.05) is 6.08 Å². The fourth-order valence-electron chi connectivity index (χ4n) is 3.20. The van der Waals surface area contributed by atoms with Gasteiger partial charge in [-0.15, -0.1) is 0 Å². The van der Waals surface area contributed by atoms with E-state index in [4.69, 9.17) is 0 Å². The van der Waals surface area contributed by atoms with E-state index in [0.717, 1.165) is 45.6 Å². The zero-order chi connectivity index (χ0) is 15.9. The smallest absolute Gasteiger partial charge is 0.379 e. The molecule has 1 unspecified atom stereocenters. The number of rotatable bonds is 0. The van der Waals surface area contributed by atoms with Gasteiger partial charge in [-0.2, -0.15) is 0 Å². The van der Waals surface area contributed by atoms with Gasteiger partial charge < -0.3 is 10.3 Å². The molecule has 1 aromatic heterocycles. The van der Waals surface area contributed by atoms with Crippen molar-refractivity contribution in [1.82, 2.24) is 10.3 Å². The fourth-order valence-corrected chi connectivity index (χ4v) is 3.20. The molecule has 0 aromatic carbocycles. The molecule has 0 amide bonds. The summed E-state index contributed by atoms with van der Waals surface area (Å²) in [4.78, 5) is 12.7. The Hall–Kier alpha value is -2.62. The first-order chi connectivity index (χ1) is 11.8.